The Kier molecular flexibility index (Phi) is 13.8. The number of hydrogen-bond acceptors (Lipinski definition) is 6. The Hall–Kier alpha value is -3.60. The lowest BCUT2D eigenvalue weighted by atomic mass is 9.96. The van der Waals surface area contributed by atoms with Crippen molar-refractivity contribution in [2.24, 2.45) is 0 Å². The van der Waals surface area contributed by atoms with Gasteiger partial charge in [-0.15, -0.1) is 0 Å². The van der Waals surface area contributed by atoms with Gasteiger partial charge in [-0.1, -0.05) is 54.8 Å². The number of benzene rings is 2. The molecular weight excluding hydrogens is 518 g/mol. The van der Waals surface area contributed by atoms with Crippen LogP contribution < -0.4 is 26.6 Å². The van der Waals surface area contributed by atoms with Crippen molar-refractivity contribution in [2.45, 2.75) is 45.4 Å². The number of hydrogen-bond donors (Lipinski definition) is 6. The molecule has 0 fully saturated rings. The summed E-state index contributed by atoms with van der Waals surface area (Å²) in [6.07, 6.45) is 3.46. The highest BCUT2D eigenvalue weighted by Crippen LogP contribution is 2.23. The summed E-state index contributed by atoms with van der Waals surface area (Å²) < 4.78 is 0. The minimum Gasteiger partial charge on any atom is -0.356 e. The van der Waals surface area contributed by atoms with Crippen LogP contribution >= 0.6 is 12.6 Å². The quantitative estimate of drug-likeness (QED) is 0.136. The molecular formula is C28H39N5O5S. The van der Waals surface area contributed by atoms with Crippen molar-refractivity contribution >= 4 is 52.9 Å². The van der Waals surface area contributed by atoms with Gasteiger partial charge in [-0.3, -0.25) is 24.0 Å². The van der Waals surface area contributed by atoms with Gasteiger partial charge in [-0.2, -0.15) is 12.6 Å². The van der Waals surface area contributed by atoms with E-state index in [1.54, 1.807) is 0 Å². The van der Waals surface area contributed by atoms with Crippen LogP contribution in [0.2, 0.25) is 0 Å². The summed E-state index contributed by atoms with van der Waals surface area (Å²) in [5.74, 6) is -1.98. The predicted octanol–water partition coefficient (Wildman–Crippen LogP) is 1.32. The molecule has 0 aromatic heterocycles. The van der Waals surface area contributed by atoms with Crippen LogP contribution in [0.1, 0.15) is 49.7 Å². The van der Waals surface area contributed by atoms with Gasteiger partial charge in [-0.05, 0) is 43.0 Å². The van der Waals surface area contributed by atoms with Crippen molar-refractivity contribution in [1.82, 2.24) is 26.6 Å². The standard InChI is InChI=1S/C28H39N5O5S/c1-19-7-8-23-14-21(9-10-22(23)13-19)20(2)28(38)30-12-6-4-3-5-11-29-24(34)15-31-25(35)16-32-26(36)17-33-27(37)18-39/h7-10,13-14,20,39H,3-6,11-12,15-18H2,1-2H3,(H,29,34)(H,30,38)(H,31,35)(H,32,36)(H,33,37)/t20-/m0/s1. The lowest BCUT2D eigenvalue weighted by molar-refractivity contribution is -0.128. The summed E-state index contributed by atoms with van der Waals surface area (Å²) in [5.41, 5.74) is 2.21. The Labute approximate surface area is 234 Å². The smallest absolute Gasteiger partial charge is 0.239 e. The monoisotopic (exact) mass is 557 g/mol. The van der Waals surface area contributed by atoms with E-state index in [4.69, 9.17) is 0 Å². The number of rotatable bonds is 16. The molecule has 0 saturated carbocycles. The summed E-state index contributed by atoms with van der Waals surface area (Å²) in [6.45, 7) is 4.34. The normalized spacial score (nSPS) is 11.4. The number of amides is 5. The molecule has 0 saturated heterocycles. The largest absolute Gasteiger partial charge is 0.356 e. The lowest BCUT2D eigenvalue weighted by Gasteiger charge is -2.13. The fourth-order valence-corrected chi connectivity index (χ4v) is 3.89. The van der Waals surface area contributed by atoms with E-state index < -0.39 is 11.8 Å². The zero-order chi connectivity index (χ0) is 28.6. The van der Waals surface area contributed by atoms with Crippen molar-refractivity contribution in [1.29, 1.82) is 0 Å². The number of fused-ring (bicyclic) bond motifs is 1. The highest BCUT2D eigenvalue weighted by Gasteiger charge is 2.15. The van der Waals surface area contributed by atoms with Gasteiger partial charge in [0.15, 0.2) is 0 Å². The van der Waals surface area contributed by atoms with Gasteiger partial charge in [0.05, 0.1) is 31.3 Å². The molecule has 0 aliphatic heterocycles. The molecule has 0 heterocycles. The van der Waals surface area contributed by atoms with Crippen molar-refractivity contribution < 1.29 is 24.0 Å². The maximum Gasteiger partial charge on any atom is 0.239 e. The predicted molar refractivity (Wildman–Crippen MR) is 154 cm³/mol. The molecule has 0 aliphatic rings. The highest BCUT2D eigenvalue weighted by atomic mass is 32.1. The Morgan fingerprint density at radius 3 is 1.79 bits per heavy atom. The van der Waals surface area contributed by atoms with Crippen LogP contribution in [0.15, 0.2) is 36.4 Å². The SMILES string of the molecule is Cc1ccc2cc([C@H](C)C(=O)NCCCCCCNC(=O)CNC(=O)CNC(=O)CNC(=O)CS)ccc2c1. The molecule has 10 nitrogen and oxygen atoms in total. The van der Waals surface area contributed by atoms with E-state index in [1.807, 2.05) is 13.0 Å². The molecule has 0 bridgehead atoms. The number of thiol groups is 1. The maximum atomic E-state index is 12.6. The molecule has 5 amide bonds. The molecule has 1 atom stereocenters. The van der Waals surface area contributed by atoms with Crippen LogP contribution in [0.5, 0.6) is 0 Å². The van der Waals surface area contributed by atoms with Gasteiger partial charge in [0.2, 0.25) is 29.5 Å². The molecule has 11 heteroatoms. The molecule has 2 aromatic rings. The van der Waals surface area contributed by atoms with Crippen LogP contribution in [-0.4, -0.2) is 68.0 Å². The minimum absolute atomic E-state index is 0.00982. The van der Waals surface area contributed by atoms with Crippen LogP contribution in [0.3, 0.4) is 0 Å². The second kappa shape index (κ2) is 17.1. The summed E-state index contributed by atoms with van der Waals surface area (Å²) in [4.78, 5) is 58.7. The van der Waals surface area contributed by atoms with E-state index in [9.17, 15) is 24.0 Å². The first-order chi connectivity index (χ1) is 18.7. The number of unbranched alkanes of at least 4 members (excludes halogenated alkanes) is 3. The topological polar surface area (TPSA) is 146 Å². The van der Waals surface area contributed by atoms with E-state index in [-0.39, 0.29) is 49.0 Å². The van der Waals surface area contributed by atoms with Crippen LogP contribution in [-0.2, 0) is 24.0 Å². The summed E-state index contributed by atoms with van der Waals surface area (Å²) in [7, 11) is 0. The second-order valence-electron chi connectivity index (χ2n) is 9.38. The number of aryl methyl sites for hydroxylation is 1. The maximum absolute atomic E-state index is 12.6. The van der Waals surface area contributed by atoms with Crippen molar-refractivity contribution in [3.8, 4) is 0 Å². The Balaban J connectivity index is 1.49. The summed E-state index contributed by atoms with van der Waals surface area (Å²) in [6, 6.07) is 12.4. The summed E-state index contributed by atoms with van der Waals surface area (Å²) >= 11 is 3.77. The molecule has 0 spiro atoms. The first-order valence-electron chi connectivity index (χ1n) is 13.1. The number of nitrogens with one attached hydrogen (secondary N) is 5. The molecule has 5 N–H and O–H groups in total. The fourth-order valence-electron chi connectivity index (χ4n) is 3.78. The zero-order valence-corrected chi connectivity index (χ0v) is 23.5. The van der Waals surface area contributed by atoms with E-state index in [0.29, 0.717) is 13.1 Å². The van der Waals surface area contributed by atoms with Crippen LogP contribution in [0, 0.1) is 6.92 Å². The molecule has 0 radical (unpaired) electrons. The van der Waals surface area contributed by atoms with E-state index in [1.165, 1.54) is 10.9 Å². The van der Waals surface area contributed by atoms with E-state index in [2.05, 4.69) is 76.5 Å². The third kappa shape index (κ3) is 12.2. The van der Waals surface area contributed by atoms with E-state index in [0.717, 1.165) is 36.6 Å². The average Bonchev–Trinajstić information content (AvgIpc) is 2.93. The molecule has 39 heavy (non-hydrogen) atoms. The van der Waals surface area contributed by atoms with Crippen molar-refractivity contribution in [3.63, 3.8) is 0 Å². The minimum atomic E-state index is -0.515. The van der Waals surface area contributed by atoms with Crippen LogP contribution in [0.4, 0.5) is 0 Å². The first-order valence-corrected chi connectivity index (χ1v) is 13.8. The van der Waals surface area contributed by atoms with E-state index >= 15 is 0 Å². The number of carbonyl (C=O) groups is 5. The highest BCUT2D eigenvalue weighted by molar-refractivity contribution is 7.81. The molecule has 0 aliphatic carbocycles. The first kappa shape index (κ1) is 31.6. The third-order valence-electron chi connectivity index (χ3n) is 6.12. The van der Waals surface area contributed by atoms with Gasteiger partial charge >= 0.3 is 0 Å². The molecule has 2 rings (SSSR count). The van der Waals surface area contributed by atoms with Crippen molar-refractivity contribution in [2.75, 3.05) is 38.5 Å². The fraction of sp³-hybridized carbons (Fsp3) is 0.464. The third-order valence-corrected chi connectivity index (χ3v) is 6.41. The number of carbonyl (C=O) groups excluding carboxylic acids is 5. The average molecular weight is 558 g/mol. The van der Waals surface area contributed by atoms with Gasteiger partial charge in [0.25, 0.3) is 0 Å². The van der Waals surface area contributed by atoms with Gasteiger partial charge < -0.3 is 26.6 Å². The Morgan fingerprint density at radius 2 is 1.18 bits per heavy atom. The van der Waals surface area contributed by atoms with Crippen LogP contribution in [0.25, 0.3) is 10.8 Å². The zero-order valence-electron chi connectivity index (χ0n) is 22.6. The molecule has 212 valence electrons. The van der Waals surface area contributed by atoms with Crippen molar-refractivity contribution in [3.05, 3.63) is 47.5 Å². The van der Waals surface area contributed by atoms with Gasteiger partial charge in [-0.25, -0.2) is 0 Å². The van der Waals surface area contributed by atoms with Gasteiger partial charge in [0.1, 0.15) is 0 Å². The molecule has 2 aromatic carbocycles. The van der Waals surface area contributed by atoms with Gasteiger partial charge in [0, 0.05) is 13.1 Å². The summed E-state index contributed by atoms with van der Waals surface area (Å²) in [5, 5.41) is 15.1. The lowest BCUT2D eigenvalue weighted by Crippen LogP contribution is -2.44. The Bertz CT molecular complexity index is 1160. The second-order valence-corrected chi connectivity index (χ2v) is 9.69. The molecule has 0 unspecified atom stereocenters. The Morgan fingerprint density at radius 1 is 0.667 bits per heavy atom.